The molecule has 2 aromatic rings. The summed E-state index contributed by atoms with van der Waals surface area (Å²) in [6.45, 7) is 3.20. The van der Waals surface area contributed by atoms with Crippen molar-refractivity contribution in [3.8, 4) is 0 Å². The third-order valence-electron chi connectivity index (χ3n) is 4.80. The molecular weight excluding hydrogens is 338 g/mol. The second kappa shape index (κ2) is 6.97. The molecule has 1 aliphatic heterocycles. The van der Waals surface area contributed by atoms with Gasteiger partial charge in [-0.15, -0.1) is 11.3 Å². The minimum atomic E-state index is -0.0763. The molecule has 25 heavy (non-hydrogen) atoms. The molecule has 0 atom stereocenters. The number of nitrogens with one attached hydrogen (secondary N) is 1. The van der Waals surface area contributed by atoms with Crippen LogP contribution >= 0.6 is 11.3 Å². The number of hydrogen-bond acceptors (Lipinski definition) is 7. The van der Waals surface area contributed by atoms with Crippen molar-refractivity contribution in [3.63, 3.8) is 0 Å². The number of amides is 1. The van der Waals surface area contributed by atoms with Gasteiger partial charge in [0.15, 0.2) is 0 Å². The molecule has 1 aliphatic carbocycles. The largest absolute Gasteiger partial charge is 0.397 e. The highest BCUT2D eigenvalue weighted by atomic mass is 32.1. The Morgan fingerprint density at radius 2 is 2.12 bits per heavy atom. The van der Waals surface area contributed by atoms with E-state index < -0.39 is 0 Å². The number of carbonyl (C=O) groups excluding carboxylic acids is 1. The Balaban J connectivity index is 1.34. The van der Waals surface area contributed by atoms with Crippen molar-refractivity contribution in [3.05, 3.63) is 34.4 Å². The van der Waals surface area contributed by atoms with Gasteiger partial charge in [-0.1, -0.05) is 0 Å². The Kier molecular flexibility index (Phi) is 4.54. The molecule has 0 spiro atoms. The zero-order valence-corrected chi connectivity index (χ0v) is 14.7. The van der Waals surface area contributed by atoms with Crippen LogP contribution in [0.4, 0.5) is 11.5 Å². The highest BCUT2D eigenvalue weighted by molar-refractivity contribution is 7.12. The van der Waals surface area contributed by atoms with E-state index in [9.17, 15) is 4.79 Å². The molecule has 1 amide bonds. The van der Waals surface area contributed by atoms with Crippen molar-refractivity contribution in [2.24, 2.45) is 0 Å². The van der Waals surface area contributed by atoms with Gasteiger partial charge in [-0.3, -0.25) is 4.79 Å². The third kappa shape index (κ3) is 3.45. The Morgan fingerprint density at radius 3 is 2.84 bits per heavy atom. The van der Waals surface area contributed by atoms with Gasteiger partial charge in [0.1, 0.15) is 17.0 Å². The topological polar surface area (TPSA) is 93.4 Å². The molecule has 2 aromatic heterocycles. The number of nitrogens with zero attached hydrogens (tertiary/aromatic N) is 3. The molecule has 4 rings (SSSR count). The number of anilines is 2. The number of thiophene rings is 1. The van der Waals surface area contributed by atoms with Crippen molar-refractivity contribution in [2.75, 3.05) is 36.9 Å². The summed E-state index contributed by atoms with van der Waals surface area (Å²) in [4.78, 5) is 23.9. The maximum Gasteiger partial charge on any atom is 0.263 e. The van der Waals surface area contributed by atoms with Crippen molar-refractivity contribution >= 4 is 28.7 Å². The fraction of sp³-hybridized carbons (Fsp3) is 0.471. The van der Waals surface area contributed by atoms with Gasteiger partial charge in [-0.25, -0.2) is 9.97 Å². The summed E-state index contributed by atoms with van der Waals surface area (Å²) in [5, 5.41) is 4.89. The molecule has 8 heteroatoms. The summed E-state index contributed by atoms with van der Waals surface area (Å²) in [5.74, 6) is 1.26. The van der Waals surface area contributed by atoms with Gasteiger partial charge >= 0.3 is 0 Å². The van der Waals surface area contributed by atoms with Gasteiger partial charge in [0.05, 0.1) is 18.9 Å². The molecule has 132 valence electrons. The maximum absolute atomic E-state index is 12.2. The fourth-order valence-corrected chi connectivity index (χ4v) is 4.00. The molecule has 7 nitrogen and oxygen atoms in total. The van der Waals surface area contributed by atoms with Gasteiger partial charge in [-0.05, 0) is 24.3 Å². The SMILES string of the molecule is Nc1ccsc1C(=O)NC1CC(c2cc(N3CCOCC3)ncn2)C1. The minimum Gasteiger partial charge on any atom is -0.397 e. The molecular formula is C17H21N5O2S. The lowest BCUT2D eigenvalue weighted by molar-refractivity contribution is 0.0913. The van der Waals surface area contributed by atoms with Gasteiger partial charge in [0, 0.05) is 36.8 Å². The van der Waals surface area contributed by atoms with Crippen LogP contribution in [0.5, 0.6) is 0 Å². The number of rotatable bonds is 4. The zero-order valence-electron chi connectivity index (χ0n) is 13.9. The van der Waals surface area contributed by atoms with E-state index in [0.717, 1.165) is 50.7 Å². The van der Waals surface area contributed by atoms with E-state index in [-0.39, 0.29) is 11.9 Å². The predicted molar refractivity (Wildman–Crippen MR) is 97.0 cm³/mol. The average Bonchev–Trinajstić information content (AvgIpc) is 3.04. The molecule has 1 saturated heterocycles. The smallest absolute Gasteiger partial charge is 0.263 e. The van der Waals surface area contributed by atoms with Gasteiger partial charge < -0.3 is 20.7 Å². The summed E-state index contributed by atoms with van der Waals surface area (Å²) in [6.07, 6.45) is 3.44. The molecule has 0 unspecified atom stereocenters. The van der Waals surface area contributed by atoms with Crippen LogP contribution in [0.3, 0.4) is 0 Å². The molecule has 2 aliphatic rings. The first-order chi connectivity index (χ1) is 12.2. The van der Waals surface area contributed by atoms with E-state index in [0.29, 0.717) is 16.5 Å². The first kappa shape index (κ1) is 16.3. The predicted octanol–water partition coefficient (Wildman–Crippen LogP) is 1.63. The van der Waals surface area contributed by atoms with Crippen molar-refractivity contribution < 1.29 is 9.53 Å². The highest BCUT2D eigenvalue weighted by Crippen LogP contribution is 2.37. The van der Waals surface area contributed by atoms with Crippen LogP contribution in [-0.4, -0.2) is 48.2 Å². The van der Waals surface area contributed by atoms with Gasteiger partial charge in [0.2, 0.25) is 0 Å². The van der Waals surface area contributed by atoms with E-state index in [1.165, 1.54) is 11.3 Å². The van der Waals surface area contributed by atoms with E-state index in [1.807, 2.05) is 5.38 Å². The van der Waals surface area contributed by atoms with Crippen LogP contribution in [0.2, 0.25) is 0 Å². The summed E-state index contributed by atoms with van der Waals surface area (Å²) in [7, 11) is 0. The van der Waals surface area contributed by atoms with Crippen molar-refractivity contribution in [2.45, 2.75) is 24.8 Å². The van der Waals surface area contributed by atoms with Crippen LogP contribution in [-0.2, 0) is 4.74 Å². The van der Waals surface area contributed by atoms with Gasteiger partial charge in [0.25, 0.3) is 5.91 Å². The van der Waals surface area contributed by atoms with Crippen LogP contribution in [0.25, 0.3) is 0 Å². The number of carbonyl (C=O) groups is 1. The summed E-state index contributed by atoms with van der Waals surface area (Å²) < 4.78 is 5.39. The lowest BCUT2D eigenvalue weighted by atomic mass is 9.78. The molecule has 3 N–H and O–H groups in total. The standard InChI is InChI=1S/C17H21N5O2S/c18-13-1-6-25-16(13)17(23)21-12-7-11(8-12)14-9-15(20-10-19-14)22-2-4-24-5-3-22/h1,6,9-12H,2-5,7-8,18H2,(H,21,23). The molecule has 0 aromatic carbocycles. The Morgan fingerprint density at radius 1 is 1.32 bits per heavy atom. The normalized spacial score (nSPS) is 23.1. The van der Waals surface area contributed by atoms with E-state index in [4.69, 9.17) is 10.5 Å². The number of hydrogen-bond donors (Lipinski definition) is 2. The molecule has 0 bridgehead atoms. The quantitative estimate of drug-likeness (QED) is 0.862. The summed E-state index contributed by atoms with van der Waals surface area (Å²) in [6, 6.07) is 4.02. The number of nitrogens with two attached hydrogens (primary N) is 1. The van der Waals surface area contributed by atoms with Crippen LogP contribution in [0.1, 0.15) is 34.1 Å². The van der Waals surface area contributed by atoms with Gasteiger partial charge in [-0.2, -0.15) is 0 Å². The first-order valence-corrected chi connectivity index (χ1v) is 9.37. The monoisotopic (exact) mass is 359 g/mol. The van der Waals surface area contributed by atoms with E-state index >= 15 is 0 Å². The first-order valence-electron chi connectivity index (χ1n) is 8.49. The Labute approximate surface area is 150 Å². The van der Waals surface area contributed by atoms with Crippen LogP contribution in [0, 0.1) is 0 Å². The number of morpholine rings is 1. The zero-order chi connectivity index (χ0) is 17.2. The summed E-state index contributed by atoms with van der Waals surface area (Å²) >= 11 is 1.38. The Hall–Kier alpha value is -2.19. The molecule has 1 saturated carbocycles. The summed E-state index contributed by atoms with van der Waals surface area (Å²) in [5.41, 5.74) is 7.40. The molecule has 0 radical (unpaired) electrons. The second-order valence-electron chi connectivity index (χ2n) is 6.44. The van der Waals surface area contributed by atoms with E-state index in [1.54, 1.807) is 12.4 Å². The number of aromatic nitrogens is 2. The van der Waals surface area contributed by atoms with Crippen LogP contribution < -0.4 is 16.0 Å². The van der Waals surface area contributed by atoms with Crippen molar-refractivity contribution in [1.29, 1.82) is 0 Å². The lowest BCUT2D eigenvalue weighted by Crippen LogP contribution is -2.43. The second-order valence-corrected chi connectivity index (χ2v) is 7.36. The Bertz CT molecular complexity index is 753. The average molecular weight is 359 g/mol. The fourth-order valence-electron chi connectivity index (χ4n) is 3.28. The molecule has 2 fully saturated rings. The maximum atomic E-state index is 12.2. The molecule has 3 heterocycles. The highest BCUT2D eigenvalue weighted by Gasteiger charge is 2.33. The van der Waals surface area contributed by atoms with Crippen molar-refractivity contribution in [1.82, 2.24) is 15.3 Å². The minimum absolute atomic E-state index is 0.0763. The lowest BCUT2D eigenvalue weighted by Gasteiger charge is -2.36. The van der Waals surface area contributed by atoms with Crippen LogP contribution in [0.15, 0.2) is 23.8 Å². The number of ether oxygens (including phenoxy) is 1. The number of nitrogen functional groups attached to an aromatic ring is 1. The van der Waals surface area contributed by atoms with E-state index in [2.05, 4.69) is 26.3 Å². The third-order valence-corrected chi connectivity index (χ3v) is 5.73.